The lowest BCUT2D eigenvalue weighted by Crippen LogP contribution is -2.49. The van der Waals surface area contributed by atoms with E-state index >= 15 is 0 Å². The van der Waals surface area contributed by atoms with E-state index in [1.54, 1.807) is 13.2 Å². The largest absolute Gasteiger partial charge is 0.504 e. The van der Waals surface area contributed by atoms with E-state index in [1.807, 2.05) is 19.1 Å². The van der Waals surface area contributed by atoms with Crippen molar-refractivity contribution in [3.63, 3.8) is 0 Å². The molecule has 5 heteroatoms. The number of methoxy groups -OCH3 is 1. The first-order chi connectivity index (χ1) is 9.11. The van der Waals surface area contributed by atoms with Crippen LogP contribution in [0.15, 0.2) is 18.2 Å². The lowest BCUT2D eigenvalue weighted by molar-refractivity contribution is -0.0405. The average Bonchev–Trinajstić information content (AvgIpc) is 2.41. The molecular weight excluding hydrogens is 244 g/mol. The lowest BCUT2D eigenvalue weighted by atomic mass is 10.1. The van der Waals surface area contributed by atoms with Crippen molar-refractivity contribution < 1.29 is 14.6 Å². The number of hydrogen-bond acceptors (Lipinski definition) is 5. The number of nitrogens with zero attached hydrogens (tertiary/aromatic N) is 1. The summed E-state index contributed by atoms with van der Waals surface area (Å²) < 4.78 is 10.7. The zero-order chi connectivity index (χ0) is 13.8. The molecule has 2 rings (SSSR count). The molecule has 0 aliphatic carbocycles. The van der Waals surface area contributed by atoms with E-state index in [4.69, 9.17) is 15.2 Å². The molecule has 19 heavy (non-hydrogen) atoms. The Kier molecular flexibility index (Phi) is 4.63. The van der Waals surface area contributed by atoms with Crippen LogP contribution in [0, 0.1) is 0 Å². The van der Waals surface area contributed by atoms with Crippen molar-refractivity contribution in [3.8, 4) is 11.5 Å². The average molecular weight is 266 g/mol. The van der Waals surface area contributed by atoms with Crippen LogP contribution in [-0.4, -0.2) is 49.0 Å². The van der Waals surface area contributed by atoms with Crippen LogP contribution in [0.3, 0.4) is 0 Å². The van der Waals surface area contributed by atoms with Gasteiger partial charge in [-0.05, 0) is 13.0 Å². The normalized spacial score (nSPS) is 22.2. The van der Waals surface area contributed by atoms with Crippen LogP contribution in [0.1, 0.15) is 12.5 Å². The summed E-state index contributed by atoms with van der Waals surface area (Å²) in [6.45, 7) is 4.94. The number of benzene rings is 1. The summed E-state index contributed by atoms with van der Waals surface area (Å²) in [5.74, 6) is 0.725. The van der Waals surface area contributed by atoms with Gasteiger partial charge in [0.15, 0.2) is 11.5 Å². The standard InChI is InChI=1S/C14H22N2O3/c1-10(15)13-9-16(6-7-19-13)8-11-4-3-5-12(18-2)14(11)17/h3-5,10,13,17H,6-9,15H2,1-2H3. The minimum Gasteiger partial charge on any atom is -0.504 e. The van der Waals surface area contributed by atoms with Crippen LogP contribution < -0.4 is 10.5 Å². The van der Waals surface area contributed by atoms with E-state index in [2.05, 4.69) is 4.90 Å². The predicted octanol–water partition coefficient (Wildman–Crippen LogP) is 0.949. The van der Waals surface area contributed by atoms with Gasteiger partial charge in [0.1, 0.15) is 0 Å². The molecule has 0 aromatic heterocycles. The van der Waals surface area contributed by atoms with Crippen molar-refractivity contribution in [1.29, 1.82) is 0 Å². The minimum absolute atomic E-state index is 0.0155. The molecule has 0 amide bonds. The number of nitrogens with two attached hydrogens (primary N) is 1. The number of hydrogen-bond donors (Lipinski definition) is 2. The molecule has 2 atom stereocenters. The van der Waals surface area contributed by atoms with Crippen LogP contribution in [0.2, 0.25) is 0 Å². The highest BCUT2D eigenvalue weighted by Gasteiger charge is 2.24. The maximum Gasteiger partial charge on any atom is 0.162 e. The van der Waals surface area contributed by atoms with Crippen LogP contribution in [-0.2, 0) is 11.3 Å². The Morgan fingerprint density at radius 3 is 3.05 bits per heavy atom. The fourth-order valence-corrected chi connectivity index (χ4v) is 2.29. The molecule has 1 aliphatic heterocycles. The van der Waals surface area contributed by atoms with Crippen LogP contribution >= 0.6 is 0 Å². The topological polar surface area (TPSA) is 68.0 Å². The molecular formula is C14H22N2O3. The minimum atomic E-state index is 0.0155. The number of phenols is 1. The third-order valence-corrected chi connectivity index (χ3v) is 3.46. The maximum atomic E-state index is 10.1. The number of morpholine rings is 1. The molecule has 1 heterocycles. The summed E-state index contributed by atoms with van der Waals surface area (Å²) in [7, 11) is 1.56. The summed E-state index contributed by atoms with van der Waals surface area (Å²) in [5.41, 5.74) is 6.74. The molecule has 0 spiro atoms. The van der Waals surface area contributed by atoms with E-state index in [0.717, 1.165) is 18.7 Å². The zero-order valence-electron chi connectivity index (χ0n) is 11.5. The van der Waals surface area contributed by atoms with E-state index in [1.165, 1.54) is 0 Å². The van der Waals surface area contributed by atoms with E-state index in [-0.39, 0.29) is 17.9 Å². The Hall–Kier alpha value is -1.30. The van der Waals surface area contributed by atoms with Crippen molar-refractivity contribution >= 4 is 0 Å². The predicted molar refractivity (Wildman–Crippen MR) is 73.3 cm³/mol. The first kappa shape index (κ1) is 14.1. The molecule has 1 aromatic rings. The summed E-state index contributed by atoms with van der Waals surface area (Å²) in [6, 6.07) is 5.57. The molecule has 0 radical (unpaired) electrons. The number of phenolic OH excluding ortho intramolecular Hbond substituents is 1. The first-order valence-electron chi connectivity index (χ1n) is 6.56. The third-order valence-electron chi connectivity index (χ3n) is 3.46. The van der Waals surface area contributed by atoms with Gasteiger partial charge in [-0.3, -0.25) is 4.90 Å². The van der Waals surface area contributed by atoms with Crippen molar-refractivity contribution in [3.05, 3.63) is 23.8 Å². The summed E-state index contributed by atoms with van der Waals surface area (Å²) >= 11 is 0. The van der Waals surface area contributed by atoms with E-state index in [0.29, 0.717) is 18.9 Å². The Morgan fingerprint density at radius 2 is 2.37 bits per heavy atom. The van der Waals surface area contributed by atoms with Crippen molar-refractivity contribution in [2.45, 2.75) is 25.6 Å². The summed E-state index contributed by atoms with van der Waals surface area (Å²) in [4.78, 5) is 2.24. The van der Waals surface area contributed by atoms with Crippen molar-refractivity contribution in [2.24, 2.45) is 5.73 Å². The Morgan fingerprint density at radius 1 is 1.58 bits per heavy atom. The first-order valence-corrected chi connectivity index (χ1v) is 6.56. The monoisotopic (exact) mass is 266 g/mol. The second-order valence-corrected chi connectivity index (χ2v) is 4.97. The highest BCUT2D eigenvalue weighted by molar-refractivity contribution is 5.45. The van der Waals surface area contributed by atoms with Gasteiger partial charge in [-0.25, -0.2) is 0 Å². The molecule has 1 saturated heterocycles. The highest BCUT2D eigenvalue weighted by Crippen LogP contribution is 2.30. The molecule has 5 nitrogen and oxygen atoms in total. The van der Waals surface area contributed by atoms with Gasteiger partial charge in [-0.2, -0.15) is 0 Å². The Bertz CT molecular complexity index is 423. The number of aromatic hydroxyl groups is 1. The molecule has 106 valence electrons. The fourth-order valence-electron chi connectivity index (χ4n) is 2.29. The van der Waals surface area contributed by atoms with Crippen molar-refractivity contribution in [2.75, 3.05) is 26.8 Å². The van der Waals surface area contributed by atoms with Gasteiger partial charge >= 0.3 is 0 Å². The number of rotatable bonds is 4. The van der Waals surface area contributed by atoms with E-state index < -0.39 is 0 Å². The van der Waals surface area contributed by atoms with E-state index in [9.17, 15) is 5.11 Å². The molecule has 1 fully saturated rings. The van der Waals surface area contributed by atoms with Gasteiger partial charge in [0.2, 0.25) is 0 Å². The third kappa shape index (κ3) is 3.37. The maximum absolute atomic E-state index is 10.1. The number of para-hydroxylation sites is 1. The fraction of sp³-hybridized carbons (Fsp3) is 0.571. The molecule has 0 bridgehead atoms. The van der Waals surface area contributed by atoms with Crippen LogP contribution in [0.25, 0.3) is 0 Å². The van der Waals surface area contributed by atoms with Gasteiger partial charge in [0.05, 0.1) is 19.8 Å². The molecule has 1 aliphatic rings. The second-order valence-electron chi connectivity index (χ2n) is 4.97. The summed E-state index contributed by atoms with van der Waals surface area (Å²) in [6.07, 6.45) is 0.0569. The molecule has 3 N–H and O–H groups in total. The molecule has 0 saturated carbocycles. The van der Waals surface area contributed by atoms with Gasteiger partial charge < -0.3 is 20.3 Å². The lowest BCUT2D eigenvalue weighted by Gasteiger charge is -2.34. The zero-order valence-corrected chi connectivity index (χ0v) is 11.5. The molecule has 1 aromatic carbocycles. The smallest absolute Gasteiger partial charge is 0.162 e. The Labute approximate surface area is 113 Å². The number of ether oxygens (including phenoxy) is 2. The van der Waals surface area contributed by atoms with Gasteiger partial charge in [0.25, 0.3) is 0 Å². The van der Waals surface area contributed by atoms with Gasteiger partial charge in [0, 0.05) is 31.2 Å². The van der Waals surface area contributed by atoms with Gasteiger partial charge in [-0.1, -0.05) is 12.1 Å². The summed E-state index contributed by atoms with van der Waals surface area (Å²) in [5, 5.41) is 10.1. The SMILES string of the molecule is COc1cccc(CN2CCOC(C(C)N)C2)c1O. The second kappa shape index (κ2) is 6.23. The Balaban J connectivity index is 2.04. The van der Waals surface area contributed by atoms with Gasteiger partial charge in [-0.15, -0.1) is 0 Å². The van der Waals surface area contributed by atoms with Crippen LogP contribution in [0.5, 0.6) is 11.5 Å². The highest BCUT2D eigenvalue weighted by atomic mass is 16.5. The quantitative estimate of drug-likeness (QED) is 0.849. The van der Waals surface area contributed by atoms with Crippen LogP contribution in [0.4, 0.5) is 0 Å². The molecule has 2 unspecified atom stereocenters. The van der Waals surface area contributed by atoms with Crippen molar-refractivity contribution in [1.82, 2.24) is 4.90 Å².